The molecule has 1 aromatic carbocycles. The highest BCUT2D eigenvalue weighted by Gasteiger charge is 2.23. The number of thioether (sulfide) groups is 1. The SMILES string of the molecule is COc1ccc(-c2csc(C3CCSC(C)C3)n2)cc1. The summed E-state index contributed by atoms with van der Waals surface area (Å²) in [6, 6.07) is 8.15. The highest BCUT2D eigenvalue weighted by atomic mass is 32.2. The number of rotatable bonds is 3. The molecule has 1 aliphatic heterocycles. The maximum absolute atomic E-state index is 5.20. The molecule has 4 heteroatoms. The van der Waals surface area contributed by atoms with Gasteiger partial charge in [-0.2, -0.15) is 11.8 Å². The van der Waals surface area contributed by atoms with E-state index in [0.717, 1.165) is 16.7 Å². The number of hydrogen-bond acceptors (Lipinski definition) is 4. The van der Waals surface area contributed by atoms with Gasteiger partial charge >= 0.3 is 0 Å². The van der Waals surface area contributed by atoms with Crippen LogP contribution < -0.4 is 4.74 Å². The molecule has 1 aromatic heterocycles. The molecular formula is C16H19NOS2. The van der Waals surface area contributed by atoms with E-state index in [0.29, 0.717) is 5.92 Å². The molecule has 1 aliphatic rings. The van der Waals surface area contributed by atoms with Gasteiger partial charge in [-0.1, -0.05) is 6.92 Å². The monoisotopic (exact) mass is 305 g/mol. The zero-order valence-electron chi connectivity index (χ0n) is 11.8. The molecule has 0 saturated carbocycles. The summed E-state index contributed by atoms with van der Waals surface area (Å²) < 4.78 is 5.20. The number of thiazole rings is 1. The van der Waals surface area contributed by atoms with E-state index in [1.54, 1.807) is 7.11 Å². The van der Waals surface area contributed by atoms with E-state index < -0.39 is 0 Å². The van der Waals surface area contributed by atoms with Crippen LogP contribution in [0, 0.1) is 0 Å². The molecule has 2 nitrogen and oxygen atoms in total. The molecule has 0 N–H and O–H groups in total. The lowest BCUT2D eigenvalue weighted by molar-refractivity contribution is 0.415. The van der Waals surface area contributed by atoms with Gasteiger partial charge in [0.15, 0.2) is 0 Å². The second-order valence-electron chi connectivity index (χ2n) is 5.20. The first kappa shape index (κ1) is 14.0. The number of benzene rings is 1. The van der Waals surface area contributed by atoms with Crippen molar-refractivity contribution >= 4 is 23.1 Å². The van der Waals surface area contributed by atoms with Crippen molar-refractivity contribution in [2.75, 3.05) is 12.9 Å². The minimum Gasteiger partial charge on any atom is -0.497 e. The van der Waals surface area contributed by atoms with Gasteiger partial charge in [0.05, 0.1) is 17.8 Å². The van der Waals surface area contributed by atoms with Crippen LogP contribution in [-0.2, 0) is 0 Å². The normalized spacial score (nSPS) is 22.7. The van der Waals surface area contributed by atoms with Crippen molar-refractivity contribution in [3.63, 3.8) is 0 Å². The van der Waals surface area contributed by atoms with Crippen molar-refractivity contribution in [2.24, 2.45) is 0 Å². The molecule has 0 bridgehead atoms. The summed E-state index contributed by atoms with van der Waals surface area (Å²) in [7, 11) is 1.69. The fourth-order valence-corrected chi connectivity index (χ4v) is 4.76. The third-order valence-corrected chi connectivity index (χ3v) is 5.98. The molecule has 20 heavy (non-hydrogen) atoms. The Labute approximate surface area is 128 Å². The van der Waals surface area contributed by atoms with E-state index in [9.17, 15) is 0 Å². The van der Waals surface area contributed by atoms with Crippen molar-refractivity contribution < 1.29 is 4.74 Å². The first-order chi connectivity index (χ1) is 9.76. The average molecular weight is 305 g/mol. The van der Waals surface area contributed by atoms with E-state index in [-0.39, 0.29) is 0 Å². The molecule has 0 radical (unpaired) electrons. The maximum atomic E-state index is 5.20. The smallest absolute Gasteiger partial charge is 0.118 e. The Morgan fingerprint density at radius 2 is 2.05 bits per heavy atom. The topological polar surface area (TPSA) is 22.1 Å². The highest BCUT2D eigenvalue weighted by molar-refractivity contribution is 7.99. The van der Waals surface area contributed by atoms with Crippen LogP contribution in [-0.4, -0.2) is 23.1 Å². The molecule has 2 atom stereocenters. The van der Waals surface area contributed by atoms with E-state index in [1.165, 1.54) is 29.2 Å². The fourth-order valence-electron chi connectivity index (χ4n) is 2.59. The van der Waals surface area contributed by atoms with Crippen molar-refractivity contribution in [2.45, 2.75) is 30.9 Å². The fraction of sp³-hybridized carbons (Fsp3) is 0.438. The Morgan fingerprint density at radius 3 is 2.75 bits per heavy atom. The van der Waals surface area contributed by atoms with Gasteiger partial charge in [-0.05, 0) is 42.9 Å². The average Bonchev–Trinajstić information content (AvgIpc) is 2.97. The molecule has 1 saturated heterocycles. The molecule has 0 amide bonds. The van der Waals surface area contributed by atoms with E-state index in [2.05, 4.69) is 36.2 Å². The first-order valence-corrected chi connectivity index (χ1v) is 8.90. The van der Waals surface area contributed by atoms with Crippen molar-refractivity contribution in [1.29, 1.82) is 0 Å². The van der Waals surface area contributed by atoms with Crippen LogP contribution >= 0.6 is 23.1 Å². The van der Waals surface area contributed by atoms with Crippen molar-refractivity contribution in [1.82, 2.24) is 4.98 Å². The van der Waals surface area contributed by atoms with Gasteiger partial charge in [0, 0.05) is 22.1 Å². The Hall–Kier alpha value is -1.00. The van der Waals surface area contributed by atoms with Crippen LogP contribution in [0.2, 0.25) is 0 Å². The van der Waals surface area contributed by atoms with Gasteiger partial charge in [0.2, 0.25) is 0 Å². The van der Waals surface area contributed by atoms with Gasteiger partial charge < -0.3 is 4.74 Å². The van der Waals surface area contributed by atoms with E-state index in [1.807, 2.05) is 23.5 Å². The maximum Gasteiger partial charge on any atom is 0.118 e. The molecule has 2 aromatic rings. The van der Waals surface area contributed by atoms with Crippen LogP contribution in [0.25, 0.3) is 11.3 Å². The third-order valence-electron chi connectivity index (χ3n) is 3.74. The lowest BCUT2D eigenvalue weighted by Gasteiger charge is -2.24. The number of aromatic nitrogens is 1. The van der Waals surface area contributed by atoms with Crippen LogP contribution in [0.5, 0.6) is 5.75 Å². The van der Waals surface area contributed by atoms with Crippen molar-refractivity contribution in [3.05, 3.63) is 34.7 Å². The molecule has 2 heterocycles. The standard InChI is InChI=1S/C16H19NOS2/c1-11-9-13(7-8-19-11)16-17-15(10-20-16)12-3-5-14(18-2)6-4-12/h3-6,10-11,13H,7-9H2,1-2H3. The third kappa shape index (κ3) is 3.01. The largest absolute Gasteiger partial charge is 0.497 e. The quantitative estimate of drug-likeness (QED) is 0.812. The predicted molar refractivity (Wildman–Crippen MR) is 88.0 cm³/mol. The lowest BCUT2D eigenvalue weighted by Crippen LogP contribution is -2.14. The second-order valence-corrected chi connectivity index (χ2v) is 7.64. The molecule has 3 rings (SSSR count). The molecular weight excluding hydrogens is 286 g/mol. The molecule has 106 valence electrons. The number of nitrogens with zero attached hydrogens (tertiary/aromatic N) is 1. The van der Waals surface area contributed by atoms with Gasteiger partial charge in [-0.15, -0.1) is 11.3 Å². The van der Waals surface area contributed by atoms with Gasteiger partial charge in [-0.3, -0.25) is 0 Å². The highest BCUT2D eigenvalue weighted by Crippen LogP contribution is 2.38. The Kier molecular flexibility index (Phi) is 4.32. The summed E-state index contributed by atoms with van der Waals surface area (Å²) in [6.45, 7) is 2.33. The van der Waals surface area contributed by atoms with Crippen LogP contribution in [0.3, 0.4) is 0 Å². The summed E-state index contributed by atoms with van der Waals surface area (Å²) in [4.78, 5) is 4.86. The van der Waals surface area contributed by atoms with Crippen molar-refractivity contribution in [3.8, 4) is 17.0 Å². The zero-order valence-corrected chi connectivity index (χ0v) is 13.5. The summed E-state index contributed by atoms with van der Waals surface area (Å²) >= 11 is 3.90. The number of methoxy groups -OCH3 is 1. The van der Waals surface area contributed by atoms with E-state index in [4.69, 9.17) is 9.72 Å². The Bertz CT molecular complexity index is 564. The van der Waals surface area contributed by atoms with Crippen LogP contribution in [0.4, 0.5) is 0 Å². The lowest BCUT2D eigenvalue weighted by atomic mass is 10.0. The molecule has 2 unspecified atom stereocenters. The Balaban J connectivity index is 1.78. The first-order valence-electron chi connectivity index (χ1n) is 6.97. The van der Waals surface area contributed by atoms with Crippen LogP contribution in [0.15, 0.2) is 29.6 Å². The zero-order chi connectivity index (χ0) is 13.9. The van der Waals surface area contributed by atoms with E-state index >= 15 is 0 Å². The van der Waals surface area contributed by atoms with Gasteiger partial charge in [0.25, 0.3) is 0 Å². The minimum absolute atomic E-state index is 0.656. The predicted octanol–water partition coefficient (Wildman–Crippen LogP) is 4.82. The van der Waals surface area contributed by atoms with Gasteiger partial charge in [-0.25, -0.2) is 4.98 Å². The molecule has 0 spiro atoms. The van der Waals surface area contributed by atoms with Crippen LogP contribution in [0.1, 0.15) is 30.7 Å². The summed E-state index contributed by atoms with van der Waals surface area (Å²) in [5, 5.41) is 4.26. The summed E-state index contributed by atoms with van der Waals surface area (Å²) in [6.07, 6.45) is 2.53. The molecule has 1 fully saturated rings. The number of ether oxygens (including phenoxy) is 1. The minimum atomic E-state index is 0.656. The second kappa shape index (κ2) is 6.19. The van der Waals surface area contributed by atoms with Gasteiger partial charge in [0.1, 0.15) is 5.75 Å². The Morgan fingerprint density at radius 1 is 1.25 bits per heavy atom. The molecule has 0 aliphatic carbocycles. The summed E-state index contributed by atoms with van der Waals surface area (Å²) in [5.74, 6) is 2.81. The number of hydrogen-bond donors (Lipinski definition) is 0. The summed E-state index contributed by atoms with van der Waals surface area (Å²) in [5.41, 5.74) is 2.27.